The number of nitrogens with one attached hydrogen (secondary N) is 2. The average molecular weight is 400 g/mol. The second-order valence-electron chi connectivity index (χ2n) is 6.94. The van der Waals surface area contributed by atoms with Gasteiger partial charge in [-0.05, 0) is 50.2 Å². The maximum Gasteiger partial charge on any atom is 0.220 e. The lowest BCUT2D eigenvalue weighted by Crippen LogP contribution is -2.51. The second kappa shape index (κ2) is 8.63. The summed E-state index contributed by atoms with van der Waals surface area (Å²) in [6.07, 6.45) is -0.199. The summed E-state index contributed by atoms with van der Waals surface area (Å²) in [6, 6.07) is 15.5. The summed E-state index contributed by atoms with van der Waals surface area (Å²) in [5, 5.41) is 11.8. The van der Waals surface area contributed by atoms with E-state index in [1.165, 1.54) is 0 Å². The molecule has 4 N–H and O–H groups in total. The highest BCUT2D eigenvalue weighted by atomic mass is 35.5. The number of hydrogen-bond acceptors (Lipinski definition) is 4. The third-order valence-corrected chi connectivity index (χ3v) is 5.20. The monoisotopic (exact) mass is 399 g/mol. The molecule has 0 radical (unpaired) electrons. The molecule has 2 aromatic rings. The SMILES string of the molecule is CCNC(=O)CC1CN(c2ccc(Cl)cc2)c2ccccc2N(C(C)=N)C1N. The van der Waals surface area contributed by atoms with Crippen molar-refractivity contribution in [3.8, 4) is 0 Å². The molecule has 0 spiro atoms. The lowest BCUT2D eigenvalue weighted by molar-refractivity contribution is -0.122. The Labute approximate surface area is 170 Å². The summed E-state index contributed by atoms with van der Waals surface area (Å²) < 4.78 is 0. The van der Waals surface area contributed by atoms with Gasteiger partial charge in [0.25, 0.3) is 0 Å². The topological polar surface area (TPSA) is 85.5 Å². The summed E-state index contributed by atoms with van der Waals surface area (Å²) in [5.41, 5.74) is 9.38. The van der Waals surface area contributed by atoms with Crippen LogP contribution in [0.15, 0.2) is 48.5 Å². The molecule has 6 nitrogen and oxygen atoms in total. The van der Waals surface area contributed by atoms with Crippen molar-refractivity contribution in [2.24, 2.45) is 11.7 Å². The quantitative estimate of drug-likeness (QED) is 0.540. The van der Waals surface area contributed by atoms with Crippen LogP contribution in [0, 0.1) is 11.3 Å². The molecule has 0 aliphatic carbocycles. The highest BCUT2D eigenvalue weighted by Crippen LogP contribution is 2.40. The number of rotatable bonds is 4. The van der Waals surface area contributed by atoms with Gasteiger partial charge in [-0.15, -0.1) is 0 Å². The molecule has 148 valence electrons. The van der Waals surface area contributed by atoms with Crippen LogP contribution >= 0.6 is 11.6 Å². The van der Waals surface area contributed by atoms with Gasteiger partial charge >= 0.3 is 0 Å². The first-order chi connectivity index (χ1) is 13.4. The van der Waals surface area contributed by atoms with E-state index >= 15 is 0 Å². The zero-order chi connectivity index (χ0) is 20.3. The average Bonchev–Trinajstić information content (AvgIpc) is 2.78. The van der Waals surface area contributed by atoms with Gasteiger partial charge in [0.15, 0.2) is 0 Å². The van der Waals surface area contributed by atoms with E-state index in [1.807, 2.05) is 60.4 Å². The fourth-order valence-electron chi connectivity index (χ4n) is 3.67. The van der Waals surface area contributed by atoms with Gasteiger partial charge < -0.3 is 20.9 Å². The molecule has 1 aliphatic heterocycles. The number of amides is 1. The third-order valence-electron chi connectivity index (χ3n) is 4.95. The van der Waals surface area contributed by atoms with E-state index in [-0.39, 0.29) is 18.2 Å². The minimum absolute atomic E-state index is 0.0347. The Kier molecular flexibility index (Phi) is 6.21. The second-order valence-corrected chi connectivity index (χ2v) is 7.38. The van der Waals surface area contributed by atoms with Crippen LogP contribution in [0.25, 0.3) is 0 Å². The lowest BCUT2D eigenvalue weighted by atomic mass is 9.99. The Balaban J connectivity index is 2.09. The largest absolute Gasteiger partial charge is 0.356 e. The van der Waals surface area contributed by atoms with Crippen LogP contribution in [0.4, 0.5) is 17.1 Å². The molecule has 0 saturated heterocycles. The Hall–Kier alpha value is -2.57. The maximum absolute atomic E-state index is 12.3. The van der Waals surface area contributed by atoms with Gasteiger partial charge in [-0.1, -0.05) is 23.7 Å². The van der Waals surface area contributed by atoms with Crippen LogP contribution in [0.5, 0.6) is 0 Å². The standard InChI is InChI=1S/C21H26ClN5O/c1-3-25-20(28)12-15-13-26(17-10-8-16(22)9-11-17)18-6-4-5-7-19(18)27(14(2)23)21(15)24/h4-11,15,21,23H,3,12-13,24H2,1-2H3,(H,25,28). The fourth-order valence-corrected chi connectivity index (χ4v) is 3.80. The van der Waals surface area contributed by atoms with Gasteiger partial charge in [0.05, 0.1) is 23.4 Å². The van der Waals surface area contributed by atoms with Crippen LogP contribution < -0.4 is 20.9 Å². The molecule has 0 bridgehead atoms. The molecule has 0 aromatic heterocycles. The number of carbonyl (C=O) groups excluding carboxylic acids is 1. The van der Waals surface area contributed by atoms with E-state index in [9.17, 15) is 4.79 Å². The highest BCUT2D eigenvalue weighted by Gasteiger charge is 2.35. The van der Waals surface area contributed by atoms with E-state index < -0.39 is 6.17 Å². The van der Waals surface area contributed by atoms with Crippen molar-refractivity contribution in [2.45, 2.75) is 26.4 Å². The smallest absolute Gasteiger partial charge is 0.220 e. The minimum Gasteiger partial charge on any atom is -0.356 e. The first-order valence-corrected chi connectivity index (χ1v) is 9.79. The van der Waals surface area contributed by atoms with Crippen molar-refractivity contribution >= 4 is 40.4 Å². The fraction of sp³-hybridized carbons (Fsp3) is 0.333. The van der Waals surface area contributed by atoms with E-state index in [0.717, 1.165) is 17.1 Å². The first kappa shape index (κ1) is 20.2. The van der Waals surface area contributed by atoms with E-state index in [0.29, 0.717) is 23.9 Å². The number of anilines is 3. The van der Waals surface area contributed by atoms with Gasteiger partial charge in [-0.2, -0.15) is 0 Å². The molecule has 28 heavy (non-hydrogen) atoms. The predicted octanol–water partition coefficient (Wildman–Crippen LogP) is 3.72. The summed E-state index contributed by atoms with van der Waals surface area (Å²) in [7, 11) is 0. The van der Waals surface area contributed by atoms with Gasteiger partial charge in [0, 0.05) is 36.1 Å². The van der Waals surface area contributed by atoms with E-state index in [1.54, 1.807) is 6.92 Å². The van der Waals surface area contributed by atoms with Gasteiger partial charge in [0.1, 0.15) is 0 Å². The molecule has 1 aliphatic rings. The third kappa shape index (κ3) is 4.13. The molecule has 0 saturated carbocycles. The number of nitrogens with zero attached hydrogens (tertiary/aromatic N) is 2. The molecule has 2 atom stereocenters. The molecule has 7 heteroatoms. The van der Waals surface area contributed by atoms with Crippen molar-refractivity contribution in [3.05, 3.63) is 53.6 Å². The number of fused-ring (bicyclic) bond motifs is 1. The Morgan fingerprint density at radius 3 is 2.46 bits per heavy atom. The Bertz CT molecular complexity index is 854. The number of benzene rings is 2. The number of halogens is 1. The number of nitrogens with two attached hydrogens (primary N) is 1. The van der Waals surface area contributed by atoms with Crippen LogP contribution in [0.1, 0.15) is 20.3 Å². The molecular formula is C21H26ClN5O. The van der Waals surface area contributed by atoms with Crippen molar-refractivity contribution in [2.75, 3.05) is 22.9 Å². The number of carbonyl (C=O) groups is 1. The van der Waals surface area contributed by atoms with Gasteiger partial charge in [-0.25, -0.2) is 0 Å². The molecule has 2 aromatic carbocycles. The first-order valence-electron chi connectivity index (χ1n) is 9.41. The van der Waals surface area contributed by atoms with Crippen LogP contribution in [-0.2, 0) is 4.79 Å². The predicted molar refractivity (Wildman–Crippen MR) is 116 cm³/mol. The normalized spacial score (nSPS) is 19.0. The van der Waals surface area contributed by atoms with Crippen LogP contribution in [0.3, 0.4) is 0 Å². The van der Waals surface area contributed by atoms with Crippen LogP contribution in [0.2, 0.25) is 5.02 Å². The van der Waals surface area contributed by atoms with Gasteiger partial charge in [0.2, 0.25) is 5.91 Å². The zero-order valence-electron chi connectivity index (χ0n) is 16.2. The zero-order valence-corrected chi connectivity index (χ0v) is 16.9. The molecule has 2 unspecified atom stereocenters. The van der Waals surface area contributed by atoms with E-state index in [4.69, 9.17) is 22.7 Å². The lowest BCUT2D eigenvalue weighted by Gasteiger charge is -2.32. The number of amidine groups is 1. The molecule has 1 heterocycles. The molecule has 3 rings (SSSR count). The van der Waals surface area contributed by atoms with Crippen LogP contribution in [-0.4, -0.2) is 31.0 Å². The van der Waals surface area contributed by atoms with E-state index in [2.05, 4.69) is 10.2 Å². The maximum atomic E-state index is 12.3. The molecule has 0 fully saturated rings. The van der Waals surface area contributed by atoms with Crippen molar-refractivity contribution in [1.29, 1.82) is 5.41 Å². The number of hydrogen-bond donors (Lipinski definition) is 3. The van der Waals surface area contributed by atoms with Crippen molar-refractivity contribution in [3.63, 3.8) is 0 Å². The highest BCUT2D eigenvalue weighted by molar-refractivity contribution is 6.30. The summed E-state index contributed by atoms with van der Waals surface area (Å²) >= 11 is 6.08. The van der Waals surface area contributed by atoms with Crippen molar-refractivity contribution in [1.82, 2.24) is 5.32 Å². The summed E-state index contributed by atoms with van der Waals surface area (Å²) in [5.74, 6) is 0.140. The minimum atomic E-state index is -0.487. The van der Waals surface area contributed by atoms with Gasteiger partial charge in [-0.3, -0.25) is 10.2 Å². The van der Waals surface area contributed by atoms with Crippen molar-refractivity contribution < 1.29 is 4.79 Å². The number of para-hydroxylation sites is 2. The Morgan fingerprint density at radius 2 is 1.86 bits per heavy atom. The summed E-state index contributed by atoms with van der Waals surface area (Å²) in [4.78, 5) is 16.3. The molecular weight excluding hydrogens is 374 g/mol. The summed E-state index contributed by atoms with van der Waals surface area (Å²) in [6.45, 7) is 4.75. The Morgan fingerprint density at radius 1 is 1.21 bits per heavy atom. The molecule has 1 amide bonds.